The highest BCUT2D eigenvalue weighted by atomic mass is 32.1. The van der Waals surface area contributed by atoms with Gasteiger partial charge in [-0.3, -0.25) is 4.79 Å². The molecule has 1 atom stereocenters. The van der Waals surface area contributed by atoms with Crippen LogP contribution in [0, 0.1) is 0 Å². The zero-order chi connectivity index (χ0) is 10.7. The van der Waals surface area contributed by atoms with Crippen LogP contribution in [0.15, 0.2) is 16.8 Å². The molecule has 0 N–H and O–H groups in total. The van der Waals surface area contributed by atoms with E-state index in [0.717, 1.165) is 18.5 Å². The van der Waals surface area contributed by atoms with Gasteiger partial charge in [0.05, 0.1) is 6.42 Å². The van der Waals surface area contributed by atoms with Crippen molar-refractivity contribution < 1.29 is 4.79 Å². The number of likely N-dealkylation sites (tertiary alicyclic amines) is 1. The highest BCUT2D eigenvalue weighted by Gasteiger charge is 2.22. The Kier molecular flexibility index (Phi) is 3.41. The zero-order valence-electron chi connectivity index (χ0n) is 9.11. The van der Waals surface area contributed by atoms with E-state index in [9.17, 15) is 4.79 Å². The van der Waals surface area contributed by atoms with Gasteiger partial charge in [0, 0.05) is 12.6 Å². The molecule has 0 radical (unpaired) electrons. The van der Waals surface area contributed by atoms with Crippen molar-refractivity contribution in [2.75, 3.05) is 6.54 Å². The first-order valence-electron chi connectivity index (χ1n) is 5.58. The normalized spacial score (nSPS) is 21.7. The monoisotopic (exact) mass is 223 g/mol. The van der Waals surface area contributed by atoms with Crippen LogP contribution in [0.3, 0.4) is 0 Å². The predicted octanol–water partition coefficient (Wildman–Crippen LogP) is 2.69. The molecule has 0 aliphatic carbocycles. The summed E-state index contributed by atoms with van der Waals surface area (Å²) in [4.78, 5) is 14.0. The molecule has 1 aliphatic rings. The lowest BCUT2D eigenvalue weighted by molar-refractivity contribution is -0.133. The third kappa shape index (κ3) is 2.59. The zero-order valence-corrected chi connectivity index (χ0v) is 9.93. The maximum atomic E-state index is 12.0. The Bertz CT molecular complexity index is 320. The standard InChI is InChI=1S/C12H17NOS/c1-10-4-2-3-6-13(10)12(14)8-11-5-7-15-9-11/h5,7,9-10H,2-4,6,8H2,1H3/t10-/m1/s1. The smallest absolute Gasteiger partial charge is 0.227 e. The lowest BCUT2D eigenvalue weighted by Crippen LogP contribution is -2.42. The lowest BCUT2D eigenvalue weighted by Gasteiger charge is -2.33. The molecule has 1 aromatic heterocycles. The second kappa shape index (κ2) is 4.79. The van der Waals surface area contributed by atoms with Crippen molar-refractivity contribution in [1.82, 2.24) is 4.90 Å². The fourth-order valence-electron chi connectivity index (χ4n) is 2.14. The molecule has 1 aliphatic heterocycles. The molecule has 0 unspecified atom stereocenters. The quantitative estimate of drug-likeness (QED) is 0.755. The van der Waals surface area contributed by atoms with E-state index in [0.29, 0.717) is 18.4 Å². The minimum Gasteiger partial charge on any atom is -0.340 e. The van der Waals surface area contributed by atoms with E-state index in [1.807, 2.05) is 16.3 Å². The van der Waals surface area contributed by atoms with Gasteiger partial charge in [-0.05, 0) is 48.6 Å². The predicted molar refractivity (Wildman–Crippen MR) is 63.0 cm³/mol. The van der Waals surface area contributed by atoms with Gasteiger partial charge >= 0.3 is 0 Å². The van der Waals surface area contributed by atoms with E-state index in [2.05, 4.69) is 12.3 Å². The van der Waals surface area contributed by atoms with Crippen molar-refractivity contribution in [2.45, 2.75) is 38.6 Å². The molecule has 82 valence electrons. The minimum atomic E-state index is 0.292. The lowest BCUT2D eigenvalue weighted by atomic mass is 10.0. The molecule has 0 bridgehead atoms. The number of thiophene rings is 1. The number of nitrogens with zero attached hydrogens (tertiary/aromatic N) is 1. The van der Waals surface area contributed by atoms with Crippen LogP contribution in [0.5, 0.6) is 0 Å². The van der Waals surface area contributed by atoms with Crippen LogP contribution >= 0.6 is 11.3 Å². The third-order valence-corrected chi connectivity index (χ3v) is 3.79. The van der Waals surface area contributed by atoms with Gasteiger partial charge in [0.15, 0.2) is 0 Å². The summed E-state index contributed by atoms with van der Waals surface area (Å²) in [5.74, 6) is 0.292. The number of rotatable bonds is 2. The molecule has 2 rings (SSSR count). The van der Waals surface area contributed by atoms with Crippen molar-refractivity contribution in [3.63, 3.8) is 0 Å². The molecule has 1 fully saturated rings. The van der Waals surface area contributed by atoms with E-state index in [1.165, 1.54) is 12.8 Å². The molecule has 2 heterocycles. The molecule has 2 nitrogen and oxygen atoms in total. The summed E-state index contributed by atoms with van der Waals surface area (Å²) in [6.45, 7) is 3.11. The summed E-state index contributed by atoms with van der Waals surface area (Å²) in [6, 6.07) is 2.47. The topological polar surface area (TPSA) is 20.3 Å². The molecule has 3 heteroatoms. The number of amides is 1. The molecule has 15 heavy (non-hydrogen) atoms. The minimum absolute atomic E-state index is 0.292. The number of hydrogen-bond acceptors (Lipinski definition) is 2. The molecule has 1 saturated heterocycles. The molecule has 1 aromatic rings. The summed E-state index contributed by atoms with van der Waals surface area (Å²) < 4.78 is 0. The van der Waals surface area contributed by atoms with Gasteiger partial charge in [0.2, 0.25) is 5.91 Å². The first-order chi connectivity index (χ1) is 7.27. The van der Waals surface area contributed by atoms with Gasteiger partial charge in [-0.25, -0.2) is 0 Å². The maximum absolute atomic E-state index is 12.0. The summed E-state index contributed by atoms with van der Waals surface area (Å²) in [6.07, 6.45) is 4.17. The fourth-order valence-corrected chi connectivity index (χ4v) is 2.81. The first kappa shape index (κ1) is 10.7. The van der Waals surface area contributed by atoms with Crippen molar-refractivity contribution >= 4 is 17.2 Å². The Labute approximate surface area is 94.9 Å². The second-order valence-electron chi connectivity index (χ2n) is 4.24. The van der Waals surface area contributed by atoms with Crippen molar-refractivity contribution in [1.29, 1.82) is 0 Å². The largest absolute Gasteiger partial charge is 0.340 e. The Hall–Kier alpha value is -0.830. The van der Waals surface area contributed by atoms with Crippen LogP contribution < -0.4 is 0 Å². The second-order valence-corrected chi connectivity index (χ2v) is 5.02. The average Bonchev–Trinajstić information content (AvgIpc) is 2.71. The number of carbonyl (C=O) groups excluding carboxylic acids is 1. The van der Waals surface area contributed by atoms with Crippen molar-refractivity contribution in [3.8, 4) is 0 Å². The molecule has 0 saturated carbocycles. The van der Waals surface area contributed by atoms with Gasteiger partial charge in [-0.1, -0.05) is 0 Å². The average molecular weight is 223 g/mol. The summed E-state index contributed by atoms with van der Waals surface area (Å²) in [7, 11) is 0. The number of piperidine rings is 1. The molecular formula is C12H17NOS. The van der Waals surface area contributed by atoms with Gasteiger partial charge in [0.25, 0.3) is 0 Å². The Morgan fingerprint density at radius 2 is 2.47 bits per heavy atom. The summed E-state index contributed by atoms with van der Waals surface area (Å²) >= 11 is 1.66. The Morgan fingerprint density at radius 3 is 3.13 bits per heavy atom. The molecule has 0 aromatic carbocycles. The number of carbonyl (C=O) groups is 1. The van der Waals surface area contributed by atoms with Crippen LogP contribution in [-0.2, 0) is 11.2 Å². The third-order valence-electron chi connectivity index (χ3n) is 3.06. The highest BCUT2D eigenvalue weighted by Crippen LogP contribution is 2.18. The van der Waals surface area contributed by atoms with E-state index < -0.39 is 0 Å². The van der Waals surface area contributed by atoms with Crippen LogP contribution in [0.4, 0.5) is 0 Å². The maximum Gasteiger partial charge on any atom is 0.227 e. The molecule has 1 amide bonds. The SMILES string of the molecule is C[C@@H]1CCCCN1C(=O)Cc1ccsc1. The van der Waals surface area contributed by atoms with Crippen molar-refractivity contribution in [2.24, 2.45) is 0 Å². The van der Waals surface area contributed by atoms with E-state index in [1.54, 1.807) is 11.3 Å². The van der Waals surface area contributed by atoms with Crippen LogP contribution in [0.2, 0.25) is 0 Å². The highest BCUT2D eigenvalue weighted by molar-refractivity contribution is 7.07. The van der Waals surface area contributed by atoms with E-state index in [4.69, 9.17) is 0 Å². The van der Waals surface area contributed by atoms with Crippen LogP contribution in [0.25, 0.3) is 0 Å². The van der Waals surface area contributed by atoms with Gasteiger partial charge in [-0.2, -0.15) is 11.3 Å². The summed E-state index contributed by atoms with van der Waals surface area (Å²) in [5, 5.41) is 4.09. The van der Waals surface area contributed by atoms with Crippen molar-refractivity contribution in [3.05, 3.63) is 22.4 Å². The molecule has 0 spiro atoms. The van der Waals surface area contributed by atoms with Crippen LogP contribution in [0.1, 0.15) is 31.7 Å². The summed E-state index contributed by atoms with van der Waals surface area (Å²) in [5.41, 5.74) is 1.16. The van der Waals surface area contributed by atoms with Gasteiger partial charge < -0.3 is 4.90 Å². The van der Waals surface area contributed by atoms with E-state index >= 15 is 0 Å². The molecular weight excluding hydrogens is 206 g/mol. The Morgan fingerprint density at radius 1 is 1.60 bits per heavy atom. The fraction of sp³-hybridized carbons (Fsp3) is 0.583. The van der Waals surface area contributed by atoms with Gasteiger partial charge in [0.1, 0.15) is 0 Å². The van der Waals surface area contributed by atoms with Gasteiger partial charge in [-0.15, -0.1) is 0 Å². The number of hydrogen-bond donors (Lipinski definition) is 0. The van der Waals surface area contributed by atoms with Crippen LogP contribution in [-0.4, -0.2) is 23.4 Å². The Balaban J connectivity index is 1.95. The van der Waals surface area contributed by atoms with E-state index in [-0.39, 0.29) is 0 Å². The first-order valence-corrected chi connectivity index (χ1v) is 6.52.